The van der Waals surface area contributed by atoms with Gasteiger partial charge in [-0.2, -0.15) is 0 Å². The van der Waals surface area contributed by atoms with E-state index in [1.807, 2.05) is 43.5 Å². The molecular weight excluding hydrogens is 643 g/mol. The lowest BCUT2D eigenvalue weighted by atomic mass is 9.76. The number of benzene rings is 4. The van der Waals surface area contributed by atoms with E-state index in [0.717, 1.165) is 32.6 Å². The predicted molar refractivity (Wildman–Crippen MR) is 177 cm³/mol. The minimum absolute atomic E-state index is 0.277. The molecule has 2 aliphatic rings. The number of anilines is 1. The number of hydrogen-bond donors (Lipinski definition) is 1. The van der Waals surface area contributed by atoms with Gasteiger partial charge in [0, 0.05) is 22.8 Å². The Balaban J connectivity index is 1.17. The maximum Gasteiger partial charge on any atom is 0.175 e. The highest BCUT2D eigenvalue weighted by molar-refractivity contribution is 14.1. The summed E-state index contributed by atoms with van der Waals surface area (Å²) < 4.78 is 13.1. The summed E-state index contributed by atoms with van der Waals surface area (Å²) in [5.74, 6) is 2.44. The Hall–Kier alpha value is -3.29. The first kappa shape index (κ1) is 27.9. The molecule has 1 aliphatic heterocycles. The highest BCUT2D eigenvalue weighted by atomic mass is 127. The second kappa shape index (κ2) is 12.3. The van der Waals surface area contributed by atoms with Crippen molar-refractivity contribution in [1.82, 2.24) is 0 Å². The van der Waals surface area contributed by atoms with Gasteiger partial charge in [-0.3, -0.25) is 4.99 Å². The van der Waals surface area contributed by atoms with Crippen LogP contribution in [0.1, 0.15) is 53.1 Å². The first-order chi connectivity index (χ1) is 20.0. The Bertz CT molecular complexity index is 1600. The molecule has 6 heteroatoms. The number of halogens is 2. The number of aryl methyl sites for hydroxylation is 1. The number of nitrogens with zero attached hydrogens (tertiary/aromatic N) is 1. The van der Waals surface area contributed by atoms with Crippen molar-refractivity contribution in [2.24, 2.45) is 10.9 Å². The Morgan fingerprint density at radius 2 is 1.80 bits per heavy atom. The zero-order valence-electron chi connectivity index (χ0n) is 23.1. The molecule has 0 aromatic heterocycles. The lowest BCUT2D eigenvalue weighted by Gasteiger charge is -2.37. The Labute approximate surface area is 260 Å². The van der Waals surface area contributed by atoms with Crippen molar-refractivity contribution < 1.29 is 9.47 Å². The Morgan fingerprint density at radius 1 is 1.00 bits per heavy atom. The van der Waals surface area contributed by atoms with Crippen molar-refractivity contribution in [3.8, 4) is 11.5 Å². The Kier molecular flexibility index (Phi) is 8.35. The highest BCUT2D eigenvalue weighted by Crippen LogP contribution is 2.50. The van der Waals surface area contributed by atoms with Gasteiger partial charge in [-0.1, -0.05) is 65.7 Å². The van der Waals surface area contributed by atoms with Gasteiger partial charge in [0.05, 0.1) is 21.9 Å². The standard InChI is InChI=1S/C35H32ClIN2O2/c1-3-40-33-19-24(18-31(37)35(33)41-21-23-8-12-26(36)13-9-23)20-38-27-14-10-25(11-15-27)34-29-6-4-5-28(29)30-17-22(2)7-16-32(30)39-34/h4-5,7-20,28-29,34,39H,3,6,21H2,1-2H3/t28-,29-,34+/m1/s1. The summed E-state index contributed by atoms with van der Waals surface area (Å²) in [4.78, 5) is 4.78. The van der Waals surface area contributed by atoms with E-state index in [2.05, 4.69) is 95.5 Å². The van der Waals surface area contributed by atoms with Crippen LogP contribution < -0.4 is 14.8 Å². The molecule has 3 atom stereocenters. The summed E-state index contributed by atoms with van der Waals surface area (Å²) in [5, 5.41) is 4.54. The van der Waals surface area contributed by atoms with Gasteiger partial charge in [-0.15, -0.1) is 0 Å². The summed E-state index contributed by atoms with van der Waals surface area (Å²) in [6.45, 7) is 5.13. The first-order valence-electron chi connectivity index (χ1n) is 14.0. The van der Waals surface area contributed by atoms with Crippen LogP contribution in [0.15, 0.2) is 96.0 Å². The van der Waals surface area contributed by atoms with Crippen LogP contribution in [0.25, 0.3) is 0 Å². The predicted octanol–water partition coefficient (Wildman–Crippen LogP) is 9.81. The van der Waals surface area contributed by atoms with Gasteiger partial charge in [0.25, 0.3) is 0 Å². The maximum absolute atomic E-state index is 6.16. The first-order valence-corrected chi connectivity index (χ1v) is 15.5. The number of aliphatic imine (C=N–C) groups is 1. The van der Waals surface area contributed by atoms with Crippen LogP contribution >= 0.6 is 34.2 Å². The molecule has 0 unspecified atom stereocenters. The van der Waals surface area contributed by atoms with E-state index < -0.39 is 0 Å². The van der Waals surface area contributed by atoms with Crippen LogP contribution in [0.3, 0.4) is 0 Å². The zero-order chi connectivity index (χ0) is 28.3. The number of hydrogen-bond acceptors (Lipinski definition) is 4. The second-order valence-corrected chi connectivity index (χ2v) is 12.2. The van der Waals surface area contributed by atoms with Gasteiger partial charge in [0.15, 0.2) is 11.5 Å². The molecule has 0 amide bonds. The highest BCUT2D eigenvalue weighted by Gasteiger charge is 2.37. The molecule has 0 spiro atoms. The van der Waals surface area contributed by atoms with Gasteiger partial charge < -0.3 is 14.8 Å². The lowest BCUT2D eigenvalue weighted by Crippen LogP contribution is -2.29. The summed E-state index contributed by atoms with van der Waals surface area (Å²) >= 11 is 8.31. The van der Waals surface area contributed by atoms with Gasteiger partial charge in [0.2, 0.25) is 0 Å². The van der Waals surface area contributed by atoms with E-state index in [1.165, 1.54) is 22.4 Å². The molecule has 1 aliphatic carbocycles. The molecule has 0 saturated heterocycles. The molecule has 41 heavy (non-hydrogen) atoms. The molecule has 6 rings (SSSR count). The van der Waals surface area contributed by atoms with Crippen molar-refractivity contribution in [3.05, 3.63) is 127 Å². The van der Waals surface area contributed by atoms with Crippen molar-refractivity contribution >= 4 is 51.8 Å². The quantitative estimate of drug-likeness (QED) is 0.115. The monoisotopic (exact) mass is 674 g/mol. The average molecular weight is 675 g/mol. The van der Waals surface area contributed by atoms with E-state index in [-0.39, 0.29) is 6.04 Å². The molecule has 0 bridgehead atoms. The van der Waals surface area contributed by atoms with Crippen molar-refractivity contribution in [3.63, 3.8) is 0 Å². The van der Waals surface area contributed by atoms with E-state index in [1.54, 1.807) is 0 Å². The summed E-state index contributed by atoms with van der Waals surface area (Å²) in [6.07, 6.45) is 7.71. The van der Waals surface area contributed by atoms with Crippen LogP contribution in [0, 0.1) is 16.4 Å². The zero-order valence-corrected chi connectivity index (χ0v) is 26.0. The summed E-state index contributed by atoms with van der Waals surface area (Å²) in [7, 11) is 0. The van der Waals surface area contributed by atoms with Gasteiger partial charge >= 0.3 is 0 Å². The van der Waals surface area contributed by atoms with E-state index in [4.69, 9.17) is 26.1 Å². The molecule has 1 N–H and O–H groups in total. The van der Waals surface area contributed by atoms with Crippen molar-refractivity contribution in [1.29, 1.82) is 0 Å². The molecule has 4 aromatic rings. The molecular formula is C35H32ClIN2O2. The summed E-state index contributed by atoms with van der Waals surface area (Å²) in [6, 6.07) is 27.4. The van der Waals surface area contributed by atoms with Crippen LogP contribution in [0.2, 0.25) is 5.02 Å². The summed E-state index contributed by atoms with van der Waals surface area (Å²) in [5.41, 5.74) is 8.19. The van der Waals surface area contributed by atoms with Gasteiger partial charge in [-0.25, -0.2) is 0 Å². The second-order valence-electron chi connectivity index (χ2n) is 10.6. The number of fused-ring (bicyclic) bond motifs is 3. The van der Waals surface area contributed by atoms with Gasteiger partial charge in [0.1, 0.15) is 6.61 Å². The fourth-order valence-electron chi connectivity index (χ4n) is 5.76. The average Bonchev–Trinajstić information content (AvgIpc) is 3.47. The molecule has 208 valence electrons. The molecule has 4 aromatic carbocycles. The number of nitrogens with one attached hydrogen (secondary N) is 1. The van der Waals surface area contributed by atoms with Crippen LogP contribution in [0.4, 0.5) is 11.4 Å². The van der Waals surface area contributed by atoms with Gasteiger partial charge in [-0.05, 0) is 113 Å². The normalized spacial score (nSPS) is 19.1. The third-order valence-electron chi connectivity index (χ3n) is 7.76. The SMILES string of the molecule is CCOc1cc(C=Nc2ccc([C@@H]3Nc4ccc(C)cc4[C@@H]4C=CC[C@H]43)cc2)cc(I)c1OCc1ccc(Cl)cc1. The number of rotatable bonds is 8. The topological polar surface area (TPSA) is 42.8 Å². The number of ether oxygens (including phenoxy) is 2. The smallest absolute Gasteiger partial charge is 0.175 e. The van der Waals surface area contributed by atoms with E-state index in [0.29, 0.717) is 35.8 Å². The molecule has 4 nitrogen and oxygen atoms in total. The third-order valence-corrected chi connectivity index (χ3v) is 8.81. The maximum atomic E-state index is 6.16. The fourth-order valence-corrected chi connectivity index (χ4v) is 6.67. The lowest BCUT2D eigenvalue weighted by molar-refractivity contribution is 0.267. The largest absolute Gasteiger partial charge is 0.490 e. The third kappa shape index (κ3) is 6.16. The minimum Gasteiger partial charge on any atom is -0.490 e. The number of allylic oxidation sites excluding steroid dienone is 2. The fraction of sp³-hybridized carbons (Fsp3) is 0.229. The van der Waals surface area contributed by atoms with Crippen LogP contribution in [0.5, 0.6) is 11.5 Å². The van der Waals surface area contributed by atoms with Crippen LogP contribution in [-0.2, 0) is 6.61 Å². The van der Waals surface area contributed by atoms with Crippen LogP contribution in [-0.4, -0.2) is 12.8 Å². The molecule has 0 saturated carbocycles. The molecule has 0 radical (unpaired) electrons. The van der Waals surface area contributed by atoms with Crippen molar-refractivity contribution in [2.75, 3.05) is 11.9 Å². The van der Waals surface area contributed by atoms with E-state index in [9.17, 15) is 0 Å². The van der Waals surface area contributed by atoms with Crippen molar-refractivity contribution in [2.45, 2.75) is 38.8 Å². The Morgan fingerprint density at radius 3 is 2.59 bits per heavy atom. The molecule has 1 heterocycles. The molecule has 0 fully saturated rings. The van der Waals surface area contributed by atoms with E-state index >= 15 is 0 Å². The minimum atomic E-state index is 0.277.